The number of hydrogen-bond donors (Lipinski definition) is 1. The number of likely N-dealkylation sites (tertiary alicyclic amines) is 1. The standard InChI is InChI=1S/C11H14ClN3O.C2H6/c1-15-6-2-3-9(15)11(16)14-10-5-4-8(12)7-13-10;1-2/h4-5,7,9H,2-3,6H2,1H3,(H,13,14,16);1-2H3. The quantitative estimate of drug-likeness (QED) is 0.898. The third-order valence-electron chi connectivity index (χ3n) is 2.80. The maximum absolute atomic E-state index is 11.9. The first kappa shape index (κ1) is 14.9. The molecule has 4 nitrogen and oxygen atoms in total. The summed E-state index contributed by atoms with van der Waals surface area (Å²) in [5.74, 6) is 0.560. The van der Waals surface area contributed by atoms with Gasteiger partial charge in [-0.25, -0.2) is 4.98 Å². The molecule has 2 rings (SSSR count). The minimum Gasteiger partial charge on any atom is -0.309 e. The molecule has 2 heterocycles. The van der Waals surface area contributed by atoms with Crippen molar-refractivity contribution in [3.63, 3.8) is 0 Å². The largest absolute Gasteiger partial charge is 0.309 e. The highest BCUT2D eigenvalue weighted by atomic mass is 35.5. The molecule has 18 heavy (non-hydrogen) atoms. The molecule has 1 N–H and O–H groups in total. The van der Waals surface area contributed by atoms with Gasteiger partial charge in [0.05, 0.1) is 11.1 Å². The van der Waals surface area contributed by atoms with Gasteiger partial charge in [0, 0.05) is 6.20 Å². The van der Waals surface area contributed by atoms with Crippen LogP contribution in [-0.4, -0.2) is 35.4 Å². The molecule has 1 amide bonds. The van der Waals surface area contributed by atoms with Gasteiger partial charge in [0.25, 0.3) is 0 Å². The van der Waals surface area contributed by atoms with Gasteiger partial charge < -0.3 is 5.32 Å². The number of likely N-dealkylation sites (N-methyl/N-ethyl adjacent to an activating group) is 1. The van der Waals surface area contributed by atoms with Gasteiger partial charge in [-0.1, -0.05) is 25.4 Å². The molecule has 5 heteroatoms. The minimum atomic E-state index is -0.0301. The molecule has 0 spiro atoms. The normalized spacial score (nSPS) is 19.0. The molecular formula is C13H20ClN3O. The second-order valence-corrected chi connectivity index (χ2v) is 4.43. The number of anilines is 1. The maximum atomic E-state index is 11.9. The van der Waals surface area contributed by atoms with Crippen molar-refractivity contribution >= 4 is 23.3 Å². The Balaban J connectivity index is 0.000000771. The third kappa shape index (κ3) is 3.96. The molecule has 1 aliphatic heterocycles. The zero-order valence-corrected chi connectivity index (χ0v) is 11.9. The smallest absolute Gasteiger partial charge is 0.242 e. The van der Waals surface area contributed by atoms with E-state index in [0.717, 1.165) is 19.4 Å². The molecule has 1 aromatic rings. The molecule has 1 saturated heterocycles. The molecule has 0 saturated carbocycles. The number of rotatable bonds is 2. The first-order valence-electron chi connectivity index (χ1n) is 6.29. The average molecular weight is 270 g/mol. The molecular weight excluding hydrogens is 250 g/mol. The Morgan fingerprint density at radius 3 is 2.72 bits per heavy atom. The van der Waals surface area contributed by atoms with Crippen LogP contribution in [0.1, 0.15) is 26.7 Å². The summed E-state index contributed by atoms with van der Waals surface area (Å²) in [5, 5.41) is 3.36. The molecule has 1 fully saturated rings. The van der Waals surface area contributed by atoms with Crippen molar-refractivity contribution in [2.24, 2.45) is 0 Å². The Kier molecular flexibility index (Phi) is 6.09. The predicted octanol–water partition coefficient (Wildman–Crippen LogP) is 2.79. The van der Waals surface area contributed by atoms with Gasteiger partial charge in [0.15, 0.2) is 0 Å². The highest BCUT2D eigenvalue weighted by Gasteiger charge is 2.27. The molecule has 0 aliphatic carbocycles. The second kappa shape index (κ2) is 7.34. The Morgan fingerprint density at radius 1 is 1.50 bits per heavy atom. The molecule has 0 bridgehead atoms. The number of pyridine rings is 1. The summed E-state index contributed by atoms with van der Waals surface area (Å²) in [6, 6.07) is 3.38. The summed E-state index contributed by atoms with van der Waals surface area (Å²) in [4.78, 5) is 18.0. The van der Waals surface area contributed by atoms with Crippen molar-refractivity contribution in [1.29, 1.82) is 0 Å². The monoisotopic (exact) mass is 269 g/mol. The number of aromatic nitrogens is 1. The van der Waals surface area contributed by atoms with Gasteiger partial charge in [-0.05, 0) is 38.6 Å². The van der Waals surface area contributed by atoms with Crippen LogP contribution in [0, 0.1) is 0 Å². The third-order valence-corrected chi connectivity index (χ3v) is 3.03. The van der Waals surface area contributed by atoms with Gasteiger partial charge in [0.1, 0.15) is 5.82 Å². The SMILES string of the molecule is CC.CN1CCCC1C(=O)Nc1ccc(Cl)cn1. The van der Waals surface area contributed by atoms with E-state index in [4.69, 9.17) is 11.6 Å². The van der Waals surface area contributed by atoms with E-state index in [-0.39, 0.29) is 11.9 Å². The van der Waals surface area contributed by atoms with Crippen LogP contribution >= 0.6 is 11.6 Å². The fourth-order valence-electron chi connectivity index (χ4n) is 1.90. The summed E-state index contributed by atoms with van der Waals surface area (Å²) >= 11 is 5.72. The Labute approximate surface area is 113 Å². The zero-order valence-electron chi connectivity index (χ0n) is 11.1. The summed E-state index contributed by atoms with van der Waals surface area (Å²) in [7, 11) is 1.96. The first-order chi connectivity index (χ1) is 8.66. The summed E-state index contributed by atoms with van der Waals surface area (Å²) in [6.07, 6.45) is 3.51. The molecule has 1 unspecified atom stereocenters. The van der Waals surface area contributed by atoms with Gasteiger partial charge in [-0.3, -0.25) is 9.69 Å². The Morgan fingerprint density at radius 2 is 2.22 bits per heavy atom. The van der Waals surface area contributed by atoms with Gasteiger partial charge in [0.2, 0.25) is 5.91 Å². The second-order valence-electron chi connectivity index (χ2n) is 3.99. The molecule has 0 aromatic carbocycles. The number of carbonyl (C=O) groups excluding carboxylic acids is 1. The van der Waals surface area contributed by atoms with Crippen LogP contribution in [-0.2, 0) is 4.79 Å². The van der Waals surface area contributed by atoms with Crippen molar-refractivity contribution in [3.05, 3.63) is 23.4 Å². The van der Waals surface area contributed by atoms with Crippen molar-refractivity contribution in [2.45, 2.75) is 32.7 Å². The van der Waals surface area contributed by atoms with E-state index < -0.39 is 0 Å². The number of nitrogens with zero attached hydrogens (tertiary/aromatic N) is 2. The van der Waals surface area contributed by atoms with E-state index in [1.807, 2.05) is 20.9 Å². The topological polar surface area (TPSA) is 45.2 Å². The molecule has 1 aliphatic rings. The molecule has 1 atom stereocenters. The maximum Gasteiger partial charge on any atom is 0.242 e. The lowest BCUT2D eigenvalue weighted by atomic mass is 10.2. The zero-order chi connectivity index (χ0) is 13.5. The van der Waals surface area contributed by atoms with Crippen molar-refractivity contribution in [2.75, 3.05) is 18.9 Å². The van der Waals surface area contributed by atoms with Crippen molar-refractivity contribution in [1.82, 2.24) is 9.88 Å². The number of amides is 1. The van der Waals surface area contributed by atoms with Gasteiger partial charge >= 0.3 is 0 Å². The van der Waals surface area contributed by atoms with Crippen LogP contribution in [0.5, 0.6) is 0 Å². The van der Waals surface area contributed by atoms with Gasteiger partial charge in [-0.15, -0.1) is 0 Å². The lowest BCUT2D eigenvalue weighted by molar-refractivity contribution is -0.119. The van der Waals surface area contributed by atoms with E-state index in [1.165, 1.54) is 6.20 Å². The number of carbonyl (C=O) groups is 1. The Bertz CT molecular complexity index is 380. The van der Waals surface area contributed by atoms with Crippen LogP contribution in [0.2, 0.25) is 5.02 Å². The highest BCUT2D eigenvalue weighted by Crippen LogP contribution is 2.17. The van der Waals surface area contributed by atoms with Crippen LogP contribution in [0.25, 0.3) is 0 Å². The predicted molar refractivity (Wildman–Crippen MR) is 74.9 cm³/mol. The van der Waals surface area contributed by atoms with Crippen molar-refractivity contribution < 1.29 is 4.79 Å². The summed E-state index contributed by atoms with van der Waals surface area (Å²) in [5.41, 5.74) is 0. The number of hydrogen-bond acceptors (Lipinski definition) is 3. The summed E-state index contributed by atoms with van der Waals surface area (Å²) < 4.78 is 0. The van der Waals surface area contributed by atoms with E-state index in [2.05, 4.69) is 15.2 Å². The van der Waals surface area contributed by atoms with Crippen LogP contribution < -0.4 is 5.32 Å². The minimum absolute atomic E-state index is 0.00909. The molecule has 0 radical (unpaired) electrons. The lowest BCUT2D eigenvalue weighted by Crippen LogP contribution is -2.37. The fourth-order valence-corrected chi connectivity index (χ4v) is 2.01. The molecule has 100 valence electrons. The Hall–Kier alpha value is -1.13. The van der Waals surface area contributed by atoms with E-state index in [9.17, 15) is 4.79 Å². The fraction of sp³-hybridized carbons (Fsp3) is 0.538. The van der Waals surface area contributed by atoms with Gasteiger partial charge in [-0.2, -0.15) is 0 Å². The number of nitrogens with one attached hydrogen (secondary N) is 1. The number of halogens is 1. The van der Waals surface area contributed by atoms with E-state index >= 15 is 0 Å². The van der Waals surface area contributed by atoms with E-state index in [1.54, 1.807) is 12.1 Å². The first-order valence-corrected chi connectivity index (χ1v) is 6.67. The lowest BCUT2D eigenvalue weighted by Gasteiger charge is -2.18. The van der Waals surface area contributed by atoms with Crippen LogP contribution in [0.3, 0.4) is 0 Å². The van der Waals surface area contributed by atoms with E-state index in [0.29, 0.717) is 10.8 Å². The van der Waals surface area contributed by atoms with Crippen molar-refractivity contribution in [3.8, 4) is 0 Å². The van der Waals surface area contributed by atoms with Crippen LogP contribution in [0.4, 0.5) is 5.82 Å². The average Bonchev–Trinajstić information content (AvgIpc) is 2.81. The summed E-state index contributed by atoms with van der Waals surface area (Å²) in [6.45, 7) is 4.98. The van der Waals surface area contributed by atoms with Crippen LogP contribution in [0.15, 0.2) is 18.3 Å². The highest BCUT2D eigenvalue weighted by molar-refractivity contribution is 6.30. The molecule has 1 aromatic heterocycles.